The highest BCUT2D eigenvalue weighted by atomic mass is 35.5. The average Bonchev–Trinajstić information content (AvgIpc) is 3.05. The second-order valence-corrected chi connectivity index (χ2v) is 8.92. The summed E-state index contributed by atoms with van der Waals surface area (Å²) >= 11 is 5.84. The highest BCUT2D eigenvalue weighted by Crippen LogP contribution is 2.28. The molecule has 0 saturated carbocycles. The minimum atomic E-state index is -3.74. The van der Waals surface area contributed by atoms with E-state index in [1.54, 1.807) is 0 Å². The molecule has 1 amide bonds. The minimum absolute atomic E-state index is 0.146. The third-order valence-corrected chi connectivity index (χ3v) is 6.59. The Bertz CT molecular complexity index is 906. The fraction of sp³-hybridized carbons (Fsp3) is 0.316. The standard InChI is InChI=1S/C19H21ClN2O3S/c1-13-10-14(2)12-16(11-13)21-19(23)18-4-3-9-22(18)26(24,25)17-7-5-15(20)6-8-17/h5-8,10-12,18H,3-4,9H2,1-2H3,(H,21,23)/t18-/m0/s1. The van der Waals surface area contributed by atoms with Gasteiger partial charge >= 0.3 is 0 Å². The normalized spacial score (nSPS) is 18.0. The maximum absolute atomic E-state index is 12.9. The van der Waals surface area contributed by atoms with Crippen LogP contribution in [0.3, 0.4) is 0 Å². The molecule has 7 heteroatoms. The maximum Gasteiger partial charge on any atom is 0.243 e. The number of nitrogens with zero attached hydrogens (tertiary/aromatic N) is 1. The second-order valence-electron chi connectivity index (χ2n) is 6.59. The zero-order chi connectivity index (χ0) is 18.9. The van der Waals surface area contributed by atoms with Gasteiger partial charge in [0, 0.05) is 17.3 Å². The fourth-order valence-electron chi connectivity index (χ4n) is 3.30. The summed E-state index contributed by atoms with van der Waals surface area (Å²) in [6.45, 7) is 4.24. The van der Waals surface area contributed by atoms with Gasteiger partial charge in [-0.2, -0.15) is 4.31 Å². The van der Waals surface area contributed by atoms with Crippen LogP contribution in [0.25, 0.3) is 0 Å². The number of anilines is 1. The molecule has 138 valence electrons. The SMILES string of the molecule is Cc1cc(C)cc(NC(=O)[C@@H]2CCCN2S(=O)(=O)c2ccc(Cl)cc2)c1. The Morgan fingerprint density at radius 3 is 2.35 bits per heavy atom. The number of aryl methyl sites for hydroxylation is 2. The van der Waals surface area contributed by atoms with Crippen LogP contribution in [0.15, 0.2) is 47.4 Å². The van der Waals surface area contributed by atoms with Gasteiger partial charge < -0.3 is 5.32 Å². The van der Waals surface area contributed by atoms with E-state index in [1.807, 2.05) is 32.0 Å². The molecular weight excluding hydrogens is 372 g/mol. The predicted molar refractivity (Wildman–Crippen MR) is 103 cm³/mol. The summed E-state index contributed by atoms with van der Waals surface area (Å²) in [5.74, 6) is -0.301. The van der Waals surface area contributed by atoms with Gasteiger partial charge in [-0.15, -0.1) is 0 Å². The number of amides is 1. The molecule has 0 radical (unpaired) electrons. The van der Waals surface area contributed by atoms with E-state index >= 15 is 0 Å². The van der Waals surface area contributed by atoms with Crippen LogP contribution in [0.1, 0.15) is 24.0 Å². The molecule has 1 heterocycles. The first-order valence-corrected chi connectivity index (χ1v) is 10.3. The number of carbonyl (C=O) groups excluding carboxylic acids is 1. The Hall–Kier alpha value is -1.89. The summed E-state index contributed by atoms with van der Waals surface area (Å²) in [5, 5.41) is 3.33. The van der Waals surface area contributed by atoms with Gasteiger partial charge in [-0.1, -0.05) is 17.7 Å². The molecule has 2 aromatic rings. The highest BCUT2D eigenvalue weighted by molar-refractivity contribution is 7.89. The van der Waals surface area contributed by atoms with Gasteiger partial charge in [-0.25, -0.2) is 8.42 Å². The number of carbonyl (C=O) groups is 1. The van der Waals surface area contributed by atoms with E-state index in [1.165, 1.54) is 28.6 Å². The van der Waals surface area contributed by atoms with Crippen molar-refractivity contribution in [3.63, 3.8) is 0 Å². The van der Waals surface area contributed by atoms with Gasteiger partial charge in [0.1, 0.15) is 6.04 Å². The third-order valence-electron chi connectivity index (χ3n) is 4.42. The number of halogens is 1. The molecule has 0 aliphatic carbocycles. The first-order chi connectivity index (χ1) is 12.3. The smallest absolute Gasteiger partial charge is 0.243 e. The molecule has 1 saturated heterocycles. The number of sulfonamides is 1. The van der Waals surface area contributed by atoms with Crippen molar-refractivity contribution < 1.29 is 13.2 Å². The zero-order valence-corrected chi connectivity index (χ0v) is 16.3. The lowest BCUT2D eigenvalue weighted by Gasteiger charge is -2.23. The van der Waals surface area contributed by atoms with Crippen LogP contribution in [-0.2, 0) is 14.8 Å². The number of rotatable bonds is 4. The summed E-state index contributed by atoms with van der Waals surface area (Å²) in [6, 6.07) is 11.1. The molecule has 0 aromatic heterocycles. The third kappa shape index (κ3) is 3.92. The van der Waals surface area contributed by atoms with Crippen LogP contribution in [0.5, 0.6) is 0 Å². The predicted octanol–water partition coefficient (Wildman–Crippen LogP) is 3.75. The van der Waals surface area contributed by atoms with Gasteiger partial charge in [0.15, 0.2) is 0 Å². The van der Waals surface area contributed by atoms with Gasteiger partial charge in [-0.05, 0) is 74.2 Å². The lowest BCUT2D eigenvalue weighted by Crippen LogP contribution is -2.43. The topological polar surface area (TPSA) is 66.5 Å². The number of benzene rings is 2. The molecule has 3 rings (SSSR count). The molecule has 0 bridgehead atoms. The van der Waals surface area contributed by atoms with Gasteiger partial charge in [-0.3, -0.25) is 4.79 Å². The summed E-state index contributed by atoms with van der Waals surface area (Å²) in [5.41, 5.74) is 2.76. The molecule has 1 fully saturated rings. The second kappa shape index (κ2) is 7.39. The summed E-state index contributed by atoms with van der Waals surface area (Å²) in [7, 11) is -3.74. The van der Waals surface area contributed by atoms with Crippen LogP contribution in [0, 0.1) is 13.8 Å². The summed E-state index contributed by atoms with van der Waals surface area (Å²) in [6.07, 6.45) is 1.15. The molecule has 0 unspecified atom stereocenters. The molecule has 0 spiro atoms. The highest BCUT2D eigenvalue weighted by Gasteiger charge is 2.39. The van der Waals surface area contributed by atoms with Crippen LogP contribution < -0.4 is 5.32 Å². The Labute approximate surface area is 159 Å². The quantitative estimate of drug-likeness (QED) is 0.861. The Balaban J connectivity index is 1.83. The van der Waals surface area contributed by atoms with Gasteiger partial charge in [0.2, 0.25) is 15.9 Å². The van der Waals surface area contributed by atoms with Crippen molar-refractivity contribution in [3.05, 3.63) is 58.6 Å². The Morgan fingerprint density at radius 2 is 1.73 bits per heavy atom. The molecule has 1 aliphatic rings. The van der Waals surface area contributed by atoms with Gasteiger partial charge in [0.05, 0.1) is 4.90 Å². The number of hydrogen-bond acceptors (Lipinski definition) is 3. The molecule has 1 atom stereocenters. The Kier molecular flexibility index (Phi) is 5.37. The van der Waals surface area contributed by atoms with Crippen LogP contribution in [0.2, 0.25) is 5.02 Å². The van der Waals surface area contributed by atoms with E-state index in [-0.39, 0.29) is 10.8 Å². The summed E-state index contributed by atoms with van der Waals surface area (Å²) < 4.78 is 27.1. The first kappa shape index (κ1) is 18.9. The number of nitrogens with one attached hydrogen (secondary N) is 1. The van der Waals surface area contributed by atoms with Crippen molar-refractivity contribution in [2.45, 2.75) is 37.6 Å². The molecule has 1 N–H and O–H groups in total. The van der Waals surface area contributed by atoms with Gasteiger partial charge in [0.25, 0.3) is 0 Å². The molecular formula is C19H21ClN2O3S. The first-order valence-electron chi connectivity index (χ1n) is 8.44. The lowest BCUT2D eigenvalue weighted by atomic mass is 10.1. The van der Waals surface area contributed by atoms with Crippen molar-refractivity contribution in [1.29, 1.82) is 0 Å². The van der Waals surface area contributed by atoms with Crippen LogP contribution in [-0.4, -0.2) is 31.2 Å². The molecule has 5 nitrogen and oxygen atoms in total. The lowest BCUT2D eigenvalue weighted by molar-refractivity contribution is -0.119. The van der Waals surface area contributed by atoms with Crippen molar-refractivity contribution >= 4 is 33.2 Å². The van der Waals surface area contributed by atoms with Crippen LogP contribution in [0.4, 0.5) is 5.69 Å². The zero-order valence-electron chi connectivity index (χ0n) is 14.7. The van der Waals surface area contributed by atoms with E-state index in [9.17, 15) is 13.2 Å². The van der Waals surface area contributed by atoms with E-state index in [2.05, 4.69) is 5.32 Å². The van der Waals surface area contributed by atoms with E-state index in [0.717, 1.165) is 11.1 Å². The van der Waals surface area contributed by atoms with Crippen molar-refractivity contribution in [3.8, 4) is 0 Å². The number of hydrogen-bond donors (Lipinski definition) is 1. The Morgan fingerprint density at radius 1 is 1.12 bits per heavy atom. The van der Waals surface area contributed by atoms with Crippen molar-refractivity contribution in [2.24, 2.45) is 0 Å². The van der Waals surface area contributed by atoms with Crippen molar-refractivity contribution in [1.82, 2.24) is 4.31 Å². The monoisotopic (exact) mass is 392 g/mol. The largest absolute Gasteiger partial charge is 0.325 e. The minimum Gasteiger partial charge on any atom is -0.325 e. The molecule has 1 aliphatic heterocycles. The molecule has 26 heavy (non-hydrogen) atoms. The van der Waals surface area contributed by atoms with Crippen molar-refractivity contribution in [2.75, 3.05) is 11.9 Å². The average molecular weight is 393 g/mol. The fourth-order valence-corrected chi connectivity index (χ4v) is 5.09. The van der Waals surface area contributed by atoms with E-state index < -0.39 is 16.1 Å². The van der Waals surface area contributed by atoms with E-state index in [0.29, 0.717) is 30.1 Å². The summed E-state index contributed by atoms with van der Waals surface area (Å²) in [4.78, 5) is 12.9. The van der Waals surface area contributed by atoms with Crippen LogP contribution >= 0.6 is 11.6 Å². The maximum atomic E-state index is 12.9. The van der Waals surface area contributed by atoms with E-state index in [4.69, 9.17) is 11.6 Å². The molecule has 2 aromatic carbocycles.